The van der Waals surface area contributed by atoms with Crippen LogP contribution < -0.4 is 5.56 Å². The van der Waals surface area contributed by atoms with E-state index in [1.165, 1.54) is 12.1 Å². The molecule has 7 heteroatoms. The third-order valence-electron chi connectivity index (χ3n) is 4.27. The van der Waals surface area contributed by atoms with Crippen molar-refractivity contribution in [3.05, 3.63) is 63.6 Å². The van der Waals surface area contributed by atoms with Crippen molar-refractivity contribution in [1.29, 1.82) is 0 Å². The number of aromatic nitrogens is 2. The maximum atomic E-state index is 12.6. The van der Waals surface area contributed by atoms with E-state index in [0.717, 1.165) is 5.56 Å². The zero-order valence-electron chi connectivity index (χ0n) is 14.1. The Kier molecular flexibility index (Phi) is 4.92. The molecule has 0 bridgehead atoms. The van der Waals surface area contributed by atoms with Gasteiger partial charge in [-0.1, -0.05) is 17.7 Å². The Bertz CT molecular complexity index is 808. The fourth-order valence-electron chi connectivity index (χ4n) is 2.83. The van der Waals surface area contributed by atoms with E-state index in [0.29, 0.717) is 38.2 Å². The maximum absolute atomic E-state index is 12.6. The van der Waals surface area contributed by atoms with Crippen LogP contribution in [0.15, 0.2) is 41.2 Å². The van der Waals surface area contributed by atoms with Gasteiger partial charge in [-0.05, 0) is 31.5 Å². The van der Waals surface area contributed by atoms with Crippen molar-refractivity contribution < 1.29 is 9.59 Å². The number of amides is 2. The number of rotatable bonds is 2. The summed E-state index contributed by atoms with van der Waals surface area (Å²) in [5.74, 6) is -0.252. The lowest BCUT2D eigenvalue weighted by molar-refractivity contribution is 0.0715. The number of carbonyl (C=O) groups is 2. The number of hydrogen-bond acceptors (Lipinski definition) is 4. The highest BCUT2D eigenvalue weighted by Crippen LogP contribution is 2.12. The molecule has 0 saturated carbocycles. The molecule has 1 fully saturated rings. The van der Waals surface area contributed by atoms with Crippen molar-refractivity contribution >= 4 is 11.8 Å². The van der Waals surface area contributed by atoms with E-state index in [1.807, 2.05) is 31.2 Å². The first-order valence-corrected chi connectivity index (χ1v) is 8.25. The maximum Gasteiger partial charge on any atom is 0.274 e. The molecule has 2 amide bonds. The van der Waals surface area contributed by atoms with Crippen molar-refractivity contribution in [1.82, 2.24) is 20.0 Å². The topological polar surface area (TPSA) is 86.4 Å². The van der Waals surface area contributed by atoms with Gasteiger partial charge in [0.15, 0.2) is 0 Å². The van der Waals surface area contributed by atoms with Gasteiger partial charge in [0, 0.05) is 37.8 Å². The fourth-order valence-corrected chi connectivity index (χ4v) is 2.83. The van der Waals surface area contributed by atoms with Crippen LogP contribution in [0.25, 0.3) is 0 Å². The van der Waals surface area contributed by atoms with Gasteiger partial charge in [0.05, 0.1) is 0 Å². The lowest BCUT2D eigenvalue weighted by Gasteiger charge is -2.22. The Balaban J connectivity index is 1.66. The van der Waals surface area contributed by atoms with Gasteiger partial charge >= 0.3 is 0 Å². The van der Waals surface area contributed by atoms with Crippen LogP contribution in [0.3, 0.4) is 0 Å². The molecule has 1 N–H and O–H groups in total. The van der Waals surface area contributed by atoms with E-state index in [1.54, 1.807) is 9.80 Å². The van der Waals surface area contributed by atoms with Crippen LogP contribution in [0.5, 0.6) is 0 Å². The van der Waals surface area contributed by atoms with Gasteiger partial charge in [-0.3, -0.25) is 14.4 Å². The first-order valence-electron chi connectivity index (χ1n) is 8.25. The normalized spacial score (nSPS) is 14.9. The molecule has 1 aromatic carbocycles. The molecule has 1 aromatic heterocycles. The second kappa shape index (κ2) is 7.29. The number of aryl methyl sites for hydroxylation is 1. The summed E-state index contributed by atoms with van der Waals surface area (Å²) >= 11 is 0. The second-order valence-corrected chi connectivity index (χ2v) is 6.11. The van der Waals surface area contributed by atoms with Crippen LogP contribution >= 0.6 is 0 Å². The predicted octanol–water partition coefficient (Wildman–Crippen LogP) is 1.07. The smallest absolute Gasteiger partial charge is 0.274 e. The second-order valence-electron chi connectivity index (χ2n) is 6.11. The quantitative estimate of drug-likeness (QED) is 0.886. The van der Waals surface area contributed by atoms with Crippen LogP contribution in [0.2, 0.25) is 0 Å². The molecule has 1 aliphatic rings. The Hall–Kier alpha value is -2.96. The highest BCUT2D eigenvalue weighted by molar-refractivity contribution is 5.94. The monoisotopic (exact) mass is 340 g/mol. The van der Waals surface area contributed by atoms with E-state index in [4.69, 9.17) is 0 Å². The molecule has 3 rings (SSSR count). The molecule has 7 nitrogen and oxygen atoms in total. The molecule has 1 aliphatic heterocycles. The summed E-state index contributed by atoms with van der Waals surface area (Å²) in [5, 5.41) is 6.06. The number of H-pyrrole nitrogens is 1. The van der Waals surface area contributed by atoms with Gasteiger partial charge in [-0.2, -0.15) is 5.10 Å². The van der Waals surface area contributed by atoms with Gasteiger partial charge in [0.2, 0.25) is 0 Å². The Labute approximate surface area is 145 Å². The number of hydrogen-bond donors (Lipinski definition) is 1. The van der Waals surface area contributed by atoms with Crippen LogP contribution in [-0.4, -0.2) is 58.0 Å². The summed E-state index contributed by atoms with van der Waals surface area (Å²) in [6.07, 6.45) is 0.701. The molecule has 0 unspecified atom stereocenters. The number of nitrogens with zero attached hydrogens (tertiary/aromatic N) is 3. The molecule has 2 aromatic rings. The first-order chi connectivity index (χ1) is 12.0. The third-order valence-corrected chi connectivity index (χ3v) is 4.27. The highest BCUT2D eigenvalue weighted by Gasteiger charge is 2.24. The van der Waals surface area contributed by atoms with Crippen LogP contribution in [-0.2, 0) is 0 Å². The molecular weight excluding hydrogens is 320 g/mol. The molecule has 130 valence electrons. The van der Waals surface area contributed by atoms with Crippen molar-refractivity contribution in [3.8, 4) is 0 Å². The Morgan fingerprint density at radius 2 is 1.56 bits per heavy atom. The van der Waals surface area contributed by atoms with E-state index < -0.39 is 0 Å². The first kappa shape index (κ1) is 16.9. The van der Waals surface area contributed by atoms with Crippen LogP contribution in [0, 0.1) is 6.92 Å². The minimum Gasteiger partial charge on any atom is -0.337 e. The SMILES string of the molecule is Cc1ccc(C(=O)N2CCCN(C(=O)c3ccc(=O)[nH]n3)CC2)cc1. The Morgan fingerprint density at radius 3 is 2.16 bits per heavy atom. The lowest BCUT2D eigenvalue weighted by atomic mass is 10.1. The number of nitrogens with one attached hydrogen (secondary N) is 1. The van der Waals surface area contributed by atoms with Crippen molar-refractivity contribution in [2.24, 2.45) is 0 Å². The minimum atomic E-state index is -0.345. The summed E-state index contributed by atoms with van der Waals surface area (Å²) in [6, 6.07) is 10.2. The van der Waals surface area contributed by atoms with E-state index in [9.17, 15) is 14.4 Å². The van der Waals surface area contributed by atoms with Gasteiger partial charge < -0.3 is 9.80 Å². The molecular formula is C18H20N4O3. The Morgan fingerprint density at radius 1 is 0.920 bits per heavy atom. The van der Waals surface area contributed by atoms with Gasteiger partial charge in [0.1, 0.15) is 5.69 Å². The highest BCUT2D eigenvalue weighted by atomic mass is 16.2. The lowest BCUT2D eigenvalue weighted by Crippen LogP contribution is -2.37. The van der Waals surface area contributed by atoms with E-state index in [2.05, 4.69) is 10.2 Å². The van der Waals surface area contributed by atoms with Crippen molar-refractivity contribution in [2.45, 2.75) is 13.3 Å². The molecule has 0 spiro atoms. The predicted molar refractivity (Wildman–Crippen MR) is 92.5 cm³/mol. The largest absolute Gasteiger partial charge is 0.337 e. The number of aromatic amines is 1. The average Bonchev–Trinajstić information content (AvgIpc) is 2.88. The summed E-state index contributed by atoms with van der Waals surface area (Å²) in [5.41, 5.74) is 1.63. The number of carbonyl (C=O) groups excluding carboxylic acids is 2. The molecule has 1 saturated heterocycles. The van der Waals surface area contributed by atoms with Crippen LogP contribution in [0.4, 0.5) is 0 Å². The van der Waals surface area contributed by atoms with Gasteiger partial charge in [-0.25, -0.2) is 5.10 Å². The van der Waals surface area contributed by atoms with Crippen molar-refractivity contribution in [2.75, 3.05) is 26.2 Å². The van der Waals surface area contributed by atoms with Gasteiger partial charge in [-0.15, -0.1) is 0 Å². The molecule has 0 aliphatic carbocycles. The zero-order valence-corrected chi connectivity index (χ0v) is 14.1. The summed E-state index contributed by atoms with van der Waals surface area (Å²) in [7, 11) is 0. The van der Waals surface area contributed by atoms with Gasteiger partial charge in [0.25, 0.3) is 17.4 Å². The summed E-state index contributed by atoms with van der Waals surface area (Å²) in [4.78, 5) is 39.6. The molecule has 0 atom stereocenters. The number of benzene rings is 1. The minimum absolute atomic E-state index is 0.0172. The average molecular weight is 340 g/mol. The fraction of sp³-hybridized carbons (Fsp3) is 0.333. The summed E-state index contributed by atoms with van der Waals surface area (Å²) in [6.45, 7) is 4.06. The molecule has 0 radical (unpaired) electrons. The van der Waals surface area contributed by atoms with Crippen molar-refractivity contribution in [3.63, 3.8) is 0 Å². The molecule has 2 heterocycles. The third kappa shape index (κ3) is 3.93. The summed E-state index contributed by atoms with van der Waals surface area (Å²) < 4.78 is 0. The molecule has 25 heavy (non-hydrogen) atoms. The van der Waals surface area contributed by atoms with E-state index in [-0.39, 0.29) is 23.1 Å². The zero-order chi connectivity index (χ0) is 17.8. The van der Waals surface area contributed by atoms with Crippen LogP contribution in [0.1, 0.15) is 32.8 Å². The van der Waals surface area contributed by atoms with E-state index >= 15 is 0 Å². The standard InChI is InChI=1S/C18H20N4O3/c1-13-3-5-14(6-4-13)17(24)21-9-2-10-22(12-11-21)18(25)15-7-8-16(23)20-19-15/h3-8H,2,9-12H2,1H3,(H,20,23).